The standard InChI is InChI=1S/C26H30N2O4S/c1-4-22-8-6-7-9-25(22)28(33(30,31)24-16-10-20(3)11-17-24)19-26(29)27-18-21-12-14-23(15-13-21)32-5-2/h6-17H,4-5,18-19H2,1-3H3,(H,27,29). The lowest BCUT2D eigenvalue weighted by atomic mass is 10.1. The number of carbonyl (C=O) groups is 1. The fourth-order valence-electron chi connectivity index (χ4n) is 3.45. The summed E-state index contributed by atoms with van der Waals surface area (Å²) < 4.78 is 33.7. The number of carbonyl (C=O) groups excluding carboxylic acids is 1. The number of nitrogens with one attached hydrogen (secondary N) is 1. The molecule has 0 aliphatic heterocycles. The highest BCUT2D eigenvalue weighted by atomic mass is 32.2. The number of benzene rings is 3. The number of ether oxygens (including phenoxy) is 1. The van der Waals surface area contributed by atoms with Crippen molar-refractivity contribution in [2.24, 2.45) is 0 Å². The van der Waals surface area contributed by atoms with E-state index in [0.29, 0.717) is 25.3 Å². The summed E-state index contributed by atoms with van der Waals surface area (Å²) in [4.78, 5) is 13.0. The Bertz CT molecular complexity index is 1170. The molecule has 0 bridgehead atoms. The number of nitrogens with zero attached hydrogens (tertiary/aromatic N) is 1. The first-order chi connectivity index (χ1) is 15.8. The van der Waals surface area contributed by atoms with Gasteiger partial charge in [0.05, 0.1) is 17.2 Å². The van der Waals surface area contributed by atoms with Crippen molar-refractivity contribution < 1.29 is 17.9 Å². The molecular weight excluding hydrogens is 436 g/mol. The minimum atomic E-state index is -3.94. The van der Waals surface area contributed by atoms with E-state index in [1.54, 1.807) is 36.4 Å². The van der Waals surface area contributed by atoms with Gasteiger partial charge < -0.3 is 10.1 Å². The van der Waals surface area contributed by atoms with Crippen LogP contribution in [0.25, 0.3) is 0 Å². The smallest absolute Gasteiger partial charge is 0.264 e. The molecule has 3 aromatic carbocycles. The van der Waals surface area contributed by atoms with Crippen LogP contribution in [-0.2, 0) is 27.8 Å². The number of anilines is 1. The minimum absolute atomic E-state index is 0.151. The molecule has 0 aliphatic carbocycles. The van der Waals surface area contributed by atoms with Gasteiger partial charge in [-0.15, -0.1) is 0 Å². The lowest BCUT2D eigenvalue weighted by Gasteiger charge is -2.26. The first kappa shape index (κ1) is 24.3. The van der Waals surface area contributed by atoms with E-state index in [4.69, 9.17) is 4.74 Å². The predicted molar refractivity (Wildman–Crippen MR) is 131 cm³/mol. The van der Waals surface area contributed by atoms with E-state index in [2.05, 4.69) is 5.32 Å². The van der Waals surface area contributed by atoms with Crippen LogP contribution in [-0.4, -0.2) is 27.5 Å². The molecule has 0 atom stereocenters. The summed E-state index contributed by atoms with van der Waals surface area (Å²) >= 11 is 0. The molecule has 3 aromatic rings. The highest BCUT2D eigenvalue weighted by Crippen LogP contribution is 2.27. The van der Waals surface area contributed by atoms with E-state index in [1.165, 1.54) is 4.31 Å². The second kappa shape index (κ2) is 11.0. The van der Waals surface area contributed by atoms with Crippen molar-refractivity contribution in [2.75, 3.05) is 17.5 Å². The van der Waals surface area contributed by atoms with Crippen LogP contribution < -0.4 is 14.4 Å². The monoisotopic (exact) mass is 466 g/mol. The normalized spacial score (nSPS) is 11.1. The van der Waals surface area contributed by atoms with Crippen molar-refractivity contribution in [1.29, 1.82) is 0 Å². The van der Waals surface area contributed by atoms with Gasteiger partial charge in [-0.3, -0.25) is 9.10 Å². The van der Waals surface area contributed by atoms with Crippen LogP contribution >= 0.6 is 0 Å². The van der Waals surface area contributed by atoms with Crippen molar-refractivity contribution in [2.45, 2.75) is 38.6 Å². The zero-order valence-electron chi connectivity index (χ0n) is 19.2. The van der Waals surface area contributed by atoms with Gasteiger partial charge >= 0.3 is 0 Å². The van der Waals surface area contributed by atoms with Gasteiger partial charge in [-0.05, 0) is 61.7 Å². The summed E-state index contributed by atoms with van der Waals surface area (Å²) in [6.07, 6.45) is 0.643. The van der Waals surface area contributed by atoms with Gasteiger partial charge in [0.25, 0.3) is 10.0 Å². The Morgan fingerprint density at radius 1 is 0.939 bits per heavy atom. The van der Waals surface area contributed by atoms with Crippen LogP contribution in [0.15, 0.2) is 77.7 Å². The van der Waals surface area contributed by atoms with Crippen molar-refractivity contribution in [1.82, 2.24) is 5.32 Å². The highest BCUT2D eigenvalue weighted by molar-refractivity contribution is 7.92. The average molecular weight is 467 g/mol. The lowest BCUT2D eigenvalue weighted by Crippen LogP contribution is -2.41. The lowest BCUT2D eigenvalue weighted by molar-refractivity contribution is -0.119. The molecule has 0 aliphatic rings. The molecule has 0 saturated heterocycles. The van der Waals surface area contributed by atoms with Gasteiger partial charge in [-0.1, -0.05) is 55.0 Å². The van der Waals surface area contributed by atoms with Gasteiger partial charge in [0.2, 0.25) is 5.91 Å². The molecule has 0 saturated carbocycles. The molecule has 3 rings (SSSR count). The van der Waals surface area contributed by atoms with Gasteiger partial charge in [-0.2, -0.15) is 0 Å². The molecule has 0 fully saturated rings. The van der Waals surface area contributed by atoms with Gasteiger partial charge in [0.15, 0.2) is 0 Å². The van der Waals surface area contributed by atoms with Gasteiger partial charge in [0.1, 0.15) is 12.3 Å². The van der Waals surface area contributed by atoms with Gasteiger partial charge in [-0.25, -0.2) is 8.42 Å². The average Bonchev–Trinajstić information content (AvgIpc) is 2.82. The maximum atomic E-state index is 13.6. The molecule has 33 heavy (non-hydrogen) atoms. The summed E-state index contributed by atoms with van der Waals surface area (Å²) in [7, 11) is -3.94. The fourth-order valence-corrected chi connectivity index (χ4v) is 4.91. The van der Waals surface area contributed by atoms with E-state index in [9.17, 15) is 13.2 Å². The summed E-state index contributed by atoms with van der Waals surface area (Å²) in [5.41, 5.74) is 3.22. The van der Waals surface area contributed by atoms with Crippen LogP contribution in [0.1, 0.15) is 30.5 Å². The van der Waals surface area contributed by atoms with Crippen LogP contribution in [0.3, 0.4) is 0 Å². The molecule has 174 valence electrons. The quantitative estimate of drug-likeness (QED) is 0.478. The SMILES string of the molecule is CCOc1ccc(CNC(=O)CN(c2ccccc2CC)S(=O)(=O)c2ccc(C)cc2)cc1. The zero-order chi connectivity index (χ0) is 23.8. The van der Waals surface area contributed by atoms with Crippen LogP contribution in [0.4, 0.5) is 5.69 Å². The highest BCUT2D eigenvalue weighted by Gasteiger charge is 2.28. The molecule has 0 spiro atoms. The van der Waals surface area contributed by atoms with E-state index < -0.39 is 10.0 Å². The van der Waals surface area contributed by atoms with Crippen LogP contribution in [0.2, 0.25) is 0 Å². The topological polar surface area (TPSA) is 75.7 Å². The van der Waals surface area contributed by atoms with Crippen molar-refractivity contribution in [3.63, 3.8) is 0 Å². The number of hydrogen-bond donors (Lipinski definition) is 1. The maximum absolute atomic E-state index is 13.6. The second-order valence-electron chi connectivity index (χ2n) is 7.66. The summed E-state index contributed by atoms with van der Waals surface area (Å²) in [5, 5.41) is 2.83. The second-order valence-corrected chi connectivity index (χ2v) is 9.52. The third kappa shape index (κ3) is 6.14. The third-order valence-corrected chi connectivity index (χ3v) is 7.04. The number of para-hydroxylation sites is 1. The van der Waals surface area contributed by atoms with E-state index in [-0.39, 0.29) is 17.3 Å². The van der Waals surface area contributed by atoms with Crippen molar-refractivity contribution in [3.05, 3.63) is 89.5 Å². The minimum Gasteiger partial charge on any atom is -0.494 e. The zero-order valence-corrected chi connectivity index (χ0v) is 20.1. The first-order valence-corrected chi connectivity index (χ1v) is 12.4. The molecule has 1 amide bonds. The molecule has 6 nitrogen and oxygen atoms in total. The number of hydrogen-bond acceptors (Lipinski definition) is 4. The van der Waals surface area contributed by atoms with Gasteiger partial charge in [0, 0.05) is 6.54 Å². The Balaban J connectivity index is 1.83. The third-order valence-electron chi connectivity index (χ3n) is 5.26. The van der Waals surface area contributed by atoms with Crippen LogP contribution in [0.5, 0.6) is 5.75 Å². The number of aryl methyl sites for hydroxylation is 2. The molecule has 0 heterocycles. The largest absolute Gasteiger partial charge is 0.494 e. The number of amides is 1. The summed E-state index contributed by atoms with van der Waals surface area (Å²) in [5.74, 6) is 0.379. The van der Waals surface area contributed by atoms with Crippen LogP contribution in [0, 0.1) is 6.92 Å². The molecule has 7 heteroatoms. The van der Waals surface area contributed by atoms with E-state index in [0.717, 1.165) is 22.4 Å². The van der Waals surface area contributed by atoms with E-state index in [1.807, 2.05) is 57.2 Å². The molecule has 1 N–H and O–H groups in total. The molecule has 0 unspecified atom stereocenters. The fraction of sp³-hybridized carbons (Fsp3) is 0.269. The van der Waals surface area contributed by atoms with Crippen molar-refractivity contribution >= 4 is 21.6 Å². The Hall–Kier alpha value is -3.32. The van der Waals surface area contributed by atoms with E-state index >= 15 is 0 Å². The number of sulfonamides is 1. The van der Waals surface area contributed by atoms with Crippen molar-refractivity contribution in [3.8, 4) is 5.75 Å². The summed E-state index contributed by atoms with van der Waals surface area (Å²) in [6.45, 7) is 6.33. The Morgan fingerprint density at radius 3 is 2.24 bits per heavy atom. The maximum Gasteiger partial charge on any atom is 0.264 e. The summed E-state index contributed by atoms with van der Waals surface area (Å²) in [6, 6.07) is 21.4. The molecule has 0 radical (unpaired) electrons. The Kier molecular flexibility index (Phi) is 8.11. The molecular formula is C26H30N2O4S. The Morgan fingerprint density at radius 2 is 1.61 bits per heavy atom. The molecule has 0 aromatic heterocycles. The Labute approximate surface area is 196 Å². The first-order valence-electron chi connectivity index (χ1n) is 11.0. The number of rotatable bonds is 10. The predicted octanol–water partition coefficient (Wildman–Crippen LogP) is 4.47.